The van der Waals surface area contributed by atoms with Gasteiger partial charge in [-0.3, -0.25) is 9.59 Å². The number of benzene rings is 3. The number of ketones is 1. The van der Waals surface area contributed by atoms with Crippen LogP contribution in [0.5, 0.6) is 11.5 Å². The minimum absolute atomic E-state index is 0.0820. The van der Waals surface area contributed by atoms with Gasteiger partial charge in [0.15, 0.2) is 11.5 Å². The van der Waals surface area contributed by atoms with Gasteiger partial charge in [-0.25, -0.2) is 12.4 Å². The molecule has 2 aliphatic heterocycles. The average Bonchev–Trinajstić information content (AvgIpc) is 3.38. The van der Waals surface area contributed by atoms with Crippen molar-refractivity contribution < 1.29 is 27.5 Å². The summed E-state index contributed by atoms with van der Waals surface area (Å²) < 4.78 is 39.7. The van der Waals surface area contributed by atoms with E-state index in [-0.39, 0.29) is 29.5 Å². The molecule has 0 unspecified atom stereocenters. The van der Waals surface area contributed by atoms with Gasteiger partial charge < -0.3 is 14.4 Å². The first-order valence-electron chi connectivity index (χ1n) is 11.6. The molecule has 37 heavy (non-hydrogen) atoms. The zero-order chi connectivity index (χ0) is 25.9. The van der Waals surface area contributed by atoms with E-state index in [1.807, 2.05) is 0 Å². The third-order valence-corrected chi connectivity index (χ3v) is 8.60. The smallest absolute Gasteiger partial charge is 0.268 e. The van der Waals surface area contributed by atoms with Gasteiger partial charge in [-0.15, -0.1) is 0 Å². The Kier molecular flexibility index (Phi) is 5.20. The van der Waals surface area contributed by atoms with Crippen LogP contribution in [0.3, 0.4) is 0 Å². The van der Waals surface area contributed by atoms with E-state index in [9.17, 15) is 18.0 Å². The molecule has 0 aliphatic carbocycles. The lowest BCUT2D eigenvalue weighted by Gasteiger charge is -2.21. The van der Waals surface area contributed by atoms with Crippen LogP contribution >= 0.6 is 0 Å². The van der Waals surface area contributed by atoms with Gasteiger partial charge in [0, 0.05) is 23.6 Å². The molecule has 186 valence electrons. The largest absolute Gasteiger partial charge is 0.493 e. The van der Waals surface area contributed by atoms with Crippen LogP contribution in [0.25, 0.3) is 16.6 Å². The van der Waals surface area contributed by atoms with E-state index in [2.05, 4.69) is 0 Å². The maximum atomic E-state index is 13.9. The number of hydrogen-bond acceptors (Lipinski definition) is 6. The summed E-state index contributed by atoms with van der Waals surface area (Å²) in [6.45, 7) is 0.254. The minimum atomic E-state index is -4.09. The lowest BCUT2D eigenvalue weighted by molar-refractivity contribution is 0.0847. The lowest BCUT2D eigenvalue weighted by atomic mass is 10.0. The van der Waals surface area contributed by atoms with E-state index in [1.54, 1.807) is 59.5 Å². The fraction of sp³-hybridized carbons (Fsp3) is 0.143. The van der Waals surface area contributed by atoms with Crippen molar-refractivity contribution in [2.75, 3.05) is 20.8 Å². The number of aromatic nitrogens is 1. The lowest BCUT2D eigenvalue weighted by Crippen LogP contribution is -2.29. The number of carbonyl (C=O) groups excluding carboxylic acids is 2. The Morgan fingerprint density at radius 2 is 1.59 bits per heavy atom. The summed E-state index contributed by atoms with van der Waals surface area (Å²) in [6, 6.07) is 18.5. The molecular weight excluding hydrogens is 492 g/mol. The molecule has 0 bridgehead atoms. The molecule has 4 aromatic rings. The Labute approximate surface area is 213 Å². The number of rotatable bonds is 4. The van der Waals surface area contributed by atoms with E-state index in [0.717, 1.165) is 3.97 Å². The number of nitrogens with zero attached hydrogens (tertiary/aromatic N) is 2. The van der Waals surface area contributed by atoms with Gasteiger partial charge in [0.2, 0.25) is 5.78 Å². The quantitative estimate of drug-likeness (QED) is 0.407. The Morgan fingerprint density at radius 1 is 0.865 bits per heavy atom. The summed E-state index contributed by atoms with van der Waals surface area (Å²) in [5.41, 5.74) is 2.35. The van der Waals surface area contributed by atoms with Crippen molar-refractivity contribution in [3.05, 3.63) is 95.2 Å². The molecule has 3 heterocycles. The van der Waals surface area contributed by atoms with Crippen LogP contribution in [-0.2, 0) is 16.4 Å². The molecule has 0 saturated heterocycles. The molecule has 0 fully saturated rings. The molecule has 0 radical (unpaired) electrons. The highest BCUT2D eigenvalue weighted by molar-refractivity contribution is 7.90. The van der Waals surface area contributed by atoms with Gasteiger partial charge >= 0.3 is 0 Å². The minimum Gasteiger partial charge on any atom is -0.493 e. The first-order valence-corrected chi connectivity index (χ1v) is 13.1. The Morgan fingerprint density at radius 3 is 2.32 bits per heavy atom. The highest BCUT2D eigenvalue weighted by Gasteiger charge is 2.39. The molecule has 0 spiro atoms. The number of fused-ring (bicyclic) bond motifs is 6. The summed E-state index contributed by atoms with van der Waals surface area (Å²) in [5.74, 6) is -0.0920. The summed E-state index contributed by atoms with van der Waals surface area (Å²) in [7, 11) is -1.14. The number of amides is 1. The Balaban J connectivity index is 1.61. The third-order valence-electron chi connectivity index (χ3n) is 6.88. The average molecular weight is 515 g/mol. The highest BCUT2D eigenvalue weighted by atomic mass is 32.2. The maximum absolute atomic E-state index is 13.9. The van der Waals surface area contributed by atoms with Crippen molar-refractivity contribution in [1.82, 2.24) is 8.87 Å². The molecule has 8 nitrogen and oxygen atoms in total. The zero-order valence-electron chi connectivity index (χ0n) is 20.1. The molecule has 9 heteroatoms. The molecular formula is C28H22N2O6S. The van der Waals surface area contributed by atoms with E-state index >= 15 is 0 Å². The second kappa shape index (κ2) is 8.35. The van der Waals surface area contributed by atoms with E-state index in [0.29, 0.717) is 44.8 Å². The number of ether oxygens (including phenoxy) is 2. The summed E-state index contributed by atoms with van der Waals surface area (Å²) in [5, 5.41) is 0.658. The van der Waals surface area contributed by atoms with E-state index < -0.39 is 15.8 Å². The van der Waals surface area contributed by atoms with Crippen molar-refractivity contribution in [2.45, 2.75) is 11.3 Å². The van der Waals surface area contributed by atoms with Crippen LogP contribution in [0.4, 0.5) is 0 Å². The molecule has 0 atom stereocenters. The summed E-state index contributed by atoms with van der Waals surface area (Å²) >= 11 is 0. The van der Waals surface area contributed by atoms with Crippen LogP contribution in [0.2, 0.25) is 0 Å². The van der Waals surface area contributed by atoms with Gasteiger partial charge in [0.1, 0.15) is 5.69 Å². The molecule has 3 aromatic carbocycles. The van der Waals surface area contributed by atoms with Crippen molar-refractivity contribution in [3.63, 3.8) is 0 Å². The summed E-state index contributed by atoms with van der Waals surface area (Å²) in [4.78, 5) is 29.1. The highest BCUT2D eigenvalue weighted by Crippen LogP contribution is 2.44. The van der Waals surface area contributed by atoms with Crippen LogP contribution < -0.4 is 9.47 Å². The predicted octanol–water partition coefficient (Wildman–Crippen LogP) is 4.13. The third kappa shape index (κ3) is 3.24. The monoisotopic (exact) mass is 514 g/mol. The van der Waals surface area contributed by atoms with Crippen LogP contribution in [-0.4, -0.2) is 49.7 Å². The molecule has 1 aromatic heterocycles. The predicted molar refractivity (Wildman–Crippen MR) is 138 cm³/mol. The second-order valence-electron chi connectivity index (χ2n) is 8.75. The first kappa shape index (κ1) is 23.1. The molecule has 6 rings (SSSR count). The first-order chi connectivity index (χ1) is 17.9. The molecule has 0 saturated carbocycles. The van der Waals surface area contributed by atoms with Gasteiger partial charge in [-0.2, -0.15) is 0 Å². The second-order valence-corrected chi connectivity index (χ2v) is 10.5. The van der Waals surface area contributed by atoms with Crippen molar-refractivity contribution >= 4 is 38.3 Å². The van der Waals surface area contributed by atoms with E-state index in [1.165, 1.54) is 32.4 Å². The summed E-state index contributed by atoms with van der Waals surface area (Å²) in [6.07, 6.45) is 1.64. The Hall–Kier alpha value is -4.37. The van der Waals surface area contributed by atoms with Gasteiger partial charge in [-0.1, -0.05) is 36.4 Å². The number of para-hydroxylation sites is 1. The maximum Gasteiger partial charge on any atom is 0.268 e. The van der Waals surface area contributed by atoms with E-state index in [4.69, 9.17) is 9.47 Å². The normalized spacial score (nSPS) is 16.4. The number of methoxy groups -OCH3 is 2. The molecule has 2 aliphatic rings. The number of allylic oxidation sites excluding steroid dienone is 1. The van der Waals surface area contributed by atoms with Crippen molar-refractivity contribution in [2.24, 2.45) is 0 Å². The molecule has 1 amide bonds. The van der Waals surface area contributed by atoms with Crippen LogP contribution in [0.1, 0.15) is 32.0 Å². The van der Waals surface area contributed by atoms with Gasteiger partial charge in [0.25, 0.3) is 15.9 Å². The van der Waals surface area contributed by atoms with Crippen LogP contribution in [0.15, 0.2) is 77.7 Å². The van der Waals surface area contributed by atoms with Gasteiger partial charge in [-0.05, 0) is 42.3 Å². The number of carbonyl (C=O) groups is 2. The van der Waals surface area contributed by atoms with Gasteiger partial charge in [0.05, 0.1) is 35.9 Å². The zero-order valence-corrected chi connectivity index (χ0v) is 20.9. The van der Waals surface area contributed by atoms with Crippen LogP contribution in [0, 0.1) is 0 Å². The standard InChI is InChI=1S/C28H22N2O6S/c1-35-24-13-12-20-22-16-23(31)26-19(14-15-29(22)28(32)25(20)27(24)36-2)18-10-6-7-11-21(18)30(26)37(33,34)17-8-4-3-5-9-17/h3-13,16H,14-15H2,1-2H3/b22-16-. The Bertz CT molecular complexity index is 1750. The fourth-order valence-electron chi connectivity index (χ4n) is 5.26. The topological polar surface area (TPSA) is 94.9 Å². The van der Waals surface area contributed by atoms with Crippen molar-refractivity contribution in [1.29, 1.82) is 0 Å². The fourth-order valence-corrected chi connectivity index (χ4v) is 6.83. The van der Waals surface area contributed by atoms with Crippen molar-refractivity contribution in [3.8, 4) is 11.5 Å². The SMILES string of the molecule is COc1ccc2c(c1OC)C(=O)N1CCc3c(n(S(=O)(=O)c4ccccc4)c4ccccc34)C(=O)/C=C/21. The molecule has 0 N–H and O–H groups in total. The number of hydrogen-bond donors (Lipinski definition) is 0.